The van der Waals surface area contributed by atoms with Crippen molar-refractivity contribution in [2.24, 2.45) is 5.92 Å². The van der Waals surface area contributed by atoms with Crippen LogP contribution in [0.3, 0.4) is 0 Å². The fourth-order valence-corrected chi connectivity index (χ4v) is 2.64. The Hall–Kier alpha value is -1.66. The van der Waals surface area contributed by atoms with E-state index >= 15 is 0 Å². The molecule has 0 aromatic heterocycles. The first-order valence-corrected chi connectivity index (χ1v) is 7.34. The maximum absolute atomic E-state index is 10.6. The SMILES string of the molecule is CC(O)C1CCCN(CCOc2ccc([N+](=O)[O-])cc2)C1. The number of likely N-dealkylation sites (tertiary alicyclic amines) is 1. The number of aliphatic hydroxyl groups is 1. The molecule has 0 amide bonds. The highest BCUT2D eigenvalue weighted by Gasteiger charge is 2.23. The number of aliphatic hydroxyl groups excluding tert-OH is 1. The van der Waals surface area contributed by atoms with Crippen LogP contribution in [0.15, 0.2) is 24.3 Å². The molecule has 0 radical (unpaired) electrons. The van der Waals surface area contributed by atoms with E-state index in [1.165, 1.54) is 12.1 Å². The monoisotopic (exact) mass is 294 g/mol. The molecule has 2 rings (SSSR count). The zero-order valence-corrected chi connectivity index (χ0v) is 12.3. The molecular formula is C15H22N2O4. The van der Waals surface area contributed by atoms with Gasteiger partial charge in [-0.2, -0.15) is 0 Å². The molecule has 0 saturated carbocycles. The molecule has 2 atom stereocenters. The van der Waals surface area contributed by atoms with Gasteiger partial charge in [-0.15, -0.1) is 0 Å². The molecular weight excluding hydrogens is 272 g/mol. The first-order chi connectivity index (χ1) is 10.1. The number of nitrogens with zero attached hydrogens (tertiary/aromatic N) is 2. The lowest BCUT2D eigenvalue weighted by molar-refractivity contribution is -0.384. The van der Waals surface area contributed by atoms with Crippen molar-refractivity contribution in [3.8, 4) is 5.75 Å². The van der Waals surface area contributed by atoms with Gasteiger partial charge in [-0.05, 0) is 44.4 Å². The molecule has 1 aliphatic rings. The number of hydrogen-bond donors (Lipinski definition) is 1. The maximum Gasteiger partial charge on any atom is 0.269 e. The van der Waals surface area contributed by atoms with E-state index in [9.17, 15) is 15.2 Å². The summed E-state index contributed by atoms with van der Waals surface area (Å²) in [6.07, 6.45) is 1.92. The van der Waals surface area contributed by atoms with Crippen molar-refractivity contribution in [2.45, 2.75) is 25.9 Å². The topological polar surface area (TPSA) is 75.8 Å². The zero-order valence-electron chi connectivity index (χ0n) is 12.3. The van der Waals surface area contributed by atoms with Gasteiger partial charge in [0.25, 0.3) is 5.69 Å². The normalized spacial score (nSPS) is 21.0. The second-order valence-electron chi connectivity index (χ2n) is 5.54. The van der Waals surface area contributed by atoms with Crippen LogP contribution in [0.5, 0.6) is 5.75 Å². The lowest BCUT2D eigenvalue weighted by Gasteiger charge is -2.33. The van der Waals surface area contributed by atoms with Gasteiger partial charge in [-0.25, -0.2) is 0 Å². The number of non-ortho nitro benzene ring substituents is 1. The van der Waals surface area contributed by atoms with E-state index in [0.29, 0.717) is 18.3 Å². The first-order valence-electron chi connectivity index (χ1n) is 7.34. The van der Waals surface area contributed by atoms with Crippen molar-refractivity contribution < 1.29 is 14.8 Å². The first kappa shape index (κ1) is 15.7. The van der Waals surface area contributed by atoms with Gasteiger partial charge < -0.3 is 9.84 Å². The third-order valence-electron chi connectivity index (χ3n) is 3.95. The molecule has 1 aliphatic heterocycles. The number of benzene rings is 1. The van der Waals surface area contributed by atoms with E-state index in [4.69, 9.17) is 4.74 Å². The quantitative estimate of drug-likeness (QED) is 0.642. The summed E-state index contributed by atoms with van der Waals surface area (Å²) in [5, 5.41) is 20.2. The second-order valence-corrected chi connectivity index (χ2v) is 5.54. The maximum atomic E-state index is 10.6. The Balaban J connectivity index is 1.75. The lowest BCUT2D eigenvalue weighted by atomic mass is 9.93. The van der Waals surface area contributed by atoms with E-state index in [1.54, 1.807) is 12.1 Å². The summed E-state index contributed by atoms with van der Waals surface area (Å²) in [6.45, 7) is 5.14. The van der Waals surface area contributed by atoms with Crippen molar-refractivity contribution >= 4 is 5.69 Å². The largest absolute Gasteiger partial charge is 0.492 e. The highest BCUT2D eigenvalue weighted by atomic mass is 16.6. The van der Waals surface area contributed by atoms with Crippen LogP contribution in [0.25, 0.3) is 0 Å². The molecule has 0 bridgehead atoms. The summed E-state index contributed by atoms with van der Waals surface area (Å²) in [6, 6.07) is 6.12. The molecule has 1 fully saturated rings. The Morgan fingerprint density at radius 3 is 2.81 bits per heavy atom. The zero-order chi connectivity index (χ0) is 15.2. The van der Waals surface area contributed by atoms with E-state index in [-0.39, 0.29) is 11.8 Å². The number of nitro groups is 1. The summed E-state index contributed by atoms with van der Waals surface area (Å²) in [5.74, 6) is 0.989. The van der Waals surface area contributed by atoms with E-state index in [1.807, 2.05) is 6.92 Å². The van der Waals surface area contributed by atoms with Crippen LogP contribution in [0.2, 0.25) is 0 Å². The minimum absolute atomic E-state index is 0.0677. The van der Waals surface area contributed by atoms with Crippen LogP contribution in [0.1, 0.15) is 19.8 Å². The van der Waals surface area contributed by atoms with E-state index in [2.05, 4.69) is 4.90 Å². The highest BCUT2D eigenvalue weighted by molar-refractivity contribution is 5.35. The molecule has 1 aromatic carbocycles. The third kappa shape index (κ3) is 4.68. The van der Waals surface area contributed by atoms with Crippen molar-refractivity contribution in [2.75, 3.05) is 26.2 Å². The molecule has 21 heavy (non-hydrogen) atoms. The molecule has 1 aromatic rings. The fourth-order valence-electron chi connectivity index (χ4n) is 2.64. The molecule has 1 saturated heterocycles. The second kappa shape index (κ2) is 7.38. The molecule has 0 aliphatic carbocycles. The fraction of sp³-hybridized carbons (Fsp3) is 0.600. The van der Waals surface area contributed by atoms with Gasteiger partial charge >= 0.3 is 0 Å². The predicted octanol–water partition coefficient (Wildman–Crippen LogP) is 2.07. The van der Waals surface area contributed by atoms with Crippen LogP contribution in [0.4, 0.5) is 5.69 Å². The molecule has 2 unspecified atom stereocenters. The third-order valence-corrected chi connectivity index (χ3v) is 3.95. The van der Waals surface area contributed by atoms with Gasteiger partial charge in [-0.1, -0.05) is 0 Å². The van der Waals surface area contributed by atoms with E-state index in [0.717, 1.165) is 32.5 Å². The van der Waals surface area contributed by atoms with Crippen molar-refractivity contribution in [1.29, 1.82) is 0 Å². The number of rotatable bonds is 6. The van der Waals surface area contributed by atoms with Gasteiger partial charge in [0, 0.05) is 25.2 Å². The summed E-state index contributed by atoms with van der Waals surface area (Å²) in [4.78, 5) is 12.4. The molecule has 1 N–H and O–H groups in total. The standard InChI is InChI=1S/C15H22N2O4/c1-12(18)13-3-2-8-16(11-13)9-10-21-15-6-4-14(5-7-15)17(19)20/h4-7,12-13,18H,2-3,8-11H2,1H3. The van der Waals surface area contributed by atoms with E-state index < -0.39 is 4.92 Å². The van der Waals surface area contributed by atoms with Crippen LogP contribution in [-0.4, -0.2) is 47.3 Å². The molecule has 6 nitrogen and oxygen atoms in total. The minimum Gasteiger partial charge on any atom is -0.492 e. The van der Waals surface area contributed by atoms with Crippen molar-refractivity contribution in [3.05, 3.63) is 34.4 Å². The Morgan fingerprint density at radius 2 is 2.19 bits per heavy atom. The lowest BCUT2D eigenvalue weighted by Crippen LogP contribution is -2.41. The Morgan fingerprint density at radius 1 is 1.48 bits per heavy atom. The number of hydrogen-bond acceptors (Lipinski definition) is 5. The van der Waals surface area contributed by atoms with Gasteiger partial charge in [0.05, 0.1) is 11.0 Å². The van der Waals surface area contributed by atoms with Gasteiger partial charge in [0.1, 0.15) is 12.4 Å². The van der Waals surface area contributed by atoms with Crippen LogP contribution in [0, 0.1) is 16.0 Å². The Bertz CT molecular complexity index is 461. The molecule has 6 heteroatoms. The molecule has 116 valence electrons. The average Bonchev–Trinajstić information content (AvgIpc) is 2.48. The molecule has 1 heterocycles. The van der Waals surface area contributed by atoms with Gasteiger partial charge in [-0.3, -0.25) is 15.0 Å². The van der Waals surface area contributed by atoms with Gasteiger partial charge in [0.15, 0.2) is 0 Å². The molecule has 0 spiro atoms. The summed E-state index contributed by atoms with van der Waals surface area (Å²) in [5.41, 5.74) is 0.0677. The minimum atomic E-state index is -0.423. The highest BCUT2D eigenvalue weighted by Crippen LogP contribution is 2.20. The Labute approximate surface area is 124 Å². The summed E-state index contributed by atoms with van der Waals surface area (Å²) >= 11 is 0. The van der Waals surface area contributed by atoms with Crippen molar-refractivity contribution in [3.63, 3.8) is 0 Å². The summed E-state index contributed by atoms with van der Waals surface area (Å²) < 4.78 is 5.61. The number of nitro benzene ring substituents is 1. The number of ether oxygens (including phenoxy) is 1. The average molecular weight is 294 g/mol. The summed E-state index contributed by atoms with van der Waals surface area (Å²) in [7, 11) is 0. The van der Waals surface area contributed by atoms with Crippen LogP contribution < -0.4 is 4.74 Å². The van der Waals surface area contributed by atoms with Crippen LogP contribution in [-0.2, 0) is 0 Å². The van der Waals surface area contributed by atoms with Crippen LogP contribution >= 0.6 is 0 Å². The number of piperidine rings is 1. The predicted molar refractivity (Wildman–Crippen MR) is 79.4 cm³/mol. The smallest absolute Gasteiger partial charge is 0.269 e. The van der Waals surface area contributed by atoms with Gasteiger partial charge in [0.2, 0.25) is 0 Å². The Kier molecular flexibility index (Phi) is 5.52. The van der Waals surface area contributed by atoms with Crippen molar-refractivity contribution in [1.82, 2.24) is 4.90 Å².